The Morgan fingerprint density at radius 2 is 2.33 bits per heavy atom. The molecule has 0 bridgehead atoms. The van der Waals surface area contributed by atoms with E-state index in [-0.39, 0.29) is 17.0 Å². The SMILES string of the molecule is CCCC/C(=N\O)C1=CC/C([N+](=O)[O-])=C\C/C=C\1. The molecule has 0 aromatic heterocycles. The second-order valence-electron chi connectivity index (χ2n) is 4.10. The highest BCUT2D eigenvalue weighted by Crippen LogP contribution is 2.16. The maximum Gasteiger partial charge on any atom is 0.246 e. The van der Waals surface area contributed by atoms with E-state index >= 15 is 0 Å². The van der Waals surface area contributed by atoms with E-state index in [1.165, 1.54) is 0 Å². The monoisotopic (exact) mass is 250 g/mol. The Balaban J connectivity index is 2.85. The van der Waals surface area contributed by atoms with Gasteiger partial charge in [0.2, 0.25) is 5.70 Å². The van der Waals surface area contributed by atoms with Crippen LogP contribution in [0.3, 0.4) is 0 Å². The minimum atomic E-state index is -0.366. The summed E-state index contributed by atoms with van der Waals surface area (Å²) in [5.41, 5.74) is 1.56. The van der Waals surface area contributed by atoms with Crippen molar-refractivity contribution in [1.29, 1.82) is 0 Å². The minimum absolute atomic E-state index is 0.185. The van der Waals surface area contributed by atoms with Crippen molar-refractivity contribution in [1.82, 2.24) is 0 Å². The summed E-state index contributed by atoms with van der Waals surface area (Å²) in [6.07, 6.45) is 10.5. The molecule has 1 rings (SSSR count). The van der Waals surface area contributed by atoms with Crippen LogP contribution in [0.2, 0.25) is 0 Å². The van der Waals surface area contributed by atoms with Gasteiger partial charge in [-0.3, -0.25) is 10.1 Å². The van der Waals surface area contributed by atoms with Crippen LogP contribution < -0.4 is 0 Å². The summed E-state index contributed by atoms with van der Waals surface area (Å²) in [6, 6.07) is 0. The molecule has 0 saturated heterocycles. The molecule has 1 aliphatic rings. The van der Waals surface area contributed by atoms with Crippen molar-refractivity contribution in [3.8, 4) is 0 Å². The van der Waals surface area contributed by atoms with E-state index in [2.05, 4.69) is 12.1 Å². The molecule has 18 heavy (non-hydrogen) atoms. The predicted molar refractivity (Wildman–Crippen MR) is 70.3 cm³/mol. The lowest BCUT2D eigenvalue weighted by atomic mass is 10.0. The first-order valence-electron chi connectivity index (χ1n) is 6.10. The van der Waals surface area contributed by atoms with Crippen molar-refractivity contribution in [2.24, 2.45) is 5.16 Å². The third kappa shape index (κ3) is 4.16. The summed E-state index contributed by atoms with van der Waals surface area (Å²) in [5.74, 6) is 0. The lowest BCUT2D eigenvalue weighted by Gasteiger charge is -2.06. The number of oxime groups is 1. The van der Waals surface area contributed by atoms with Gasteiger partial charge in [-0.15, -0.1) is 0 Å². The topological polar surface area (TPSA) is 75.7 Å². The van der Waals surface area contributed by atoms with E-state index in [0.717, 1.165) is 18.4 Å². The number of rotatable bonds is 5. The number of hydrogen-bond acceptors (Lipinski definition) is 4. The third-order valence-corrected chi connectivity index (χ3v) is 2.77. The van der Waals surface area contributed by atoms with Crippen LogP contribution in [-0.4, -0.2) is 15.8 Å². The molecule has 0 spiro atoms. The molecular formula is C13H18N2O3. The molecule has 0 aromatic carbocycles. The maximum atomic E-state index is 10.7. The Bertz CT molecular complexity index is 420. The molecule has 0 atom stereocenters. The molecule has 0 radical (unpaired) electrons. The highest BCUT2D eigenvalue weighted by atomic mass is 16.6. The summed E-state index contributed by atoms with van der Waals surface area (Å²) < 4.78 is 0. The summed E-state index contributed by atoms with van der Waals surface area (Å²) >= 11 is 0. The average Bonchev–Trinajstić information content (AvgIpc) is 2.31. The molecule has 0 saturated carbocycles. The van der Waals surface area contributed by atoms with Crippen molar-refractivity contribution in [2.75, 3.05) is 0 Å². The second kappa shape index (κ2) is 7.42. The highest BCUT2D eigenvalue weighted by molar-refractivity contribution is 6.02. The third-order valence-electron chi connectivity index (χ3n) is 2.77. The molecule has 0 fully saturated rings. The fourth-order valence-corrected chi connectivity index (χ4v) is 1.72. The lowest BCUT2D eigenvalue weighted by molar-refractivity contribution is -0.427. The fraction of sp³-hybridized carbons (Fsp3) is 0.462. The largest absolute Gasteiger partial charge is 0.411 e. The number of nitro groups is 1. The van der Waals surface area contributed by atoms with Gasteiger partial charge in [0, 0.05) is 0 Å². The lowest BCUT2D eigenvalue weighted by Crippen LogP contribution is -2.04. The number of allylic oxidation sites excluding steroid dienone is 5. The molecule has 5 heteroatoms. The number of nitrogens with zero attached hydrogens (tertiary/aromatic N) is 2. The highest BCUT2D eigenvalue weighted by Gasteiger charge is 2.12. The van der Waals surface area contributed by atoms with Crippen molar-refractivity contribution < 1.29 is 10.1 Å². The molecule has 0 heterocycles. The van der Waals surface area contributed by atoms with E-state index in [1.54, 1.807) is 12.2 Å². The van der Waals surface area contributed by atoms with Gasteiger partial charge in [-0.25, -0.2) is 0 Å². The first kappa shape index (κ1) is 14.2. The standard InChI is InChI=1S/C13H18N2O3/c1-2-3-8-13(14-16)11-6-4-5-7-12(10-9-11)15(17)18/h4,6-7,9,16H,2-3,5,8,10H2,1H3/b6-4-,11-9?,12-7+,14-13+. The van der Waals surface area contributed by atoms with Gasteiger partial charge < -0.3 is 5.21 Å². The molecule has 1 N–H and O–H groups in total. The molecule has 5 nitrogen and oxygen atoms in total. The Morgan fingerprint density at radius 1 is 1.56 bits per heavy atom. The Kier molecular flexibility index (Phi) is 5.84. The molecule has 0 unspecified atom stereocenters. The van der Waals surface area contributed by atoms with Gasteiger partial charge >= 0.3 is 0 Å². The van der Waals surface area contributed by atoms with Crippen LogP contribution in [0.25, 0.3) is 0 Å². The van der Waals surface area contributed by atoms with Gasteiger partial charge in [0.25, 0.3) is 0 Å². The van der Waals surface area contributed by atoms with Crippen LogP contribution >= 0.6 is 0 Å². The van der Waals surface area contributed by atoms with E-state index in [9.17, 15) is 10.1 Å². The van der Waals surface area contributed by atoms with Crippen LogP contribution in [0, 0.1) is 10.1 Å². The summed E-state index contributed by atoms with van der Waals surface area (Å²) in [7, 11) is 0. The Labute approximate surface area is 106 Å². The molecule has 0 aromatic rings. The van der Waals surface area contributed by atoms with Crippen molar-refractivity contribution in [3.05, 3.63) is 45.7 Å². The summed E-state index contributed by atoms with van der Waals surface area (Å²) in [4.78, 5) is 10.4. The van der Waals surface area contributed by atoms with E-state index in [1.807, 2.05) is 12.2 Å². The van der Waals surface area contributed by atoms with E-state index < -0.39 is 0 Å². The molecule has 98 valence electrons. The van der Waals surface area contributed by atoms with Gasteiger partial charge in [0.05, 0.1) is 17.1 Å². The number of hydrogen-bond donors (Lipinski definition) is 1. The summed E-state index contributed by atoms with van der Waals surface area (Å²) in [6.45, 7) is 2.06. The molecular weight excluding hydrogens is 232 g/mol. The Morgan fingerprint density at radius 3 is 2.94 bits per heavy atom. The zero-order valence-electron chi connectivity index (χ0n) is 10.5. The molecule has 0 amide bonds. The van der Waals surface area contributed by atoms with Crippen molar-refractivity contribution in [2.45, 2.75) is 39.0 Å². The normalized spacial score (nSPS) is 21.3. The fourth-order valence-electron chi connectivity index (χ4n) is 1.72. The van der Waals surface area contributed by atoms with Crippen molar-refractivity contribution in [3.63, 3.8) is 0 Å². The zero-order valence-corrected chi connectivity index (χ0v) is 10.5. The van der Waals surface area contributed by atoms with Crippen molar-refractivity contribution >= 4 is 5.71 Å². The number of unbranched alkanes of at least 4 members (excludes halogenated alkanes) is 1. The quantitative estimate of drug-likeness (QED) is 0.351. The smallest absolute Gasteiger partial charge is 0.246 e. The first-order valence-corrected chi connectivity index (χ1v) is 6.10. The van der Waals surface area contributed by atoms with E-state index in [4.69, 9.17) is 5.21 Å². The molecule has 1 aliphatic carbocycles. The average molecular weight is 250 g/mol. The first-order chi connectivity index (χ1) is 8.69. The van der Waals surface area contributed by atoms with E-state index in [0.29, 0.717) is 18.6 Å². The Hall–Kier alpha value is -1.91. The predicted octanol–water partition coefficient (Wildman–Crippen LogP) is 3.44. The van der Waals surface area contributed by atoms with Gasteiger partial charge in [0.15, 0.2) is 0 Å². The minimum Gasteiger partial charge on any atom is -0.411 e. The maximum absolute atomic E-state index is 10.7. The van der Waals surface area contributed by atoms with Crippen LogP contribution in [0.4, 0.5) is 0 Å². The van der Waals surface area contributed by atoms with Gasteiger partial charge in [-0.2, -0.15) is 0 Å². The van der Waals surface area contributed by atoms with Gasteiger partial charge in [-0.1, -0.05) is 36.7 Å². The molecule has 0 aliphatic heterocycles. The van der Waals surface area contributed by atoms with Crippen LogP contribution in [-0.2, 0) is 0 Å². The van der Waals surface area contributed by atoms with Gasteiger partial charge in [-0.05, 0) is 30.9 Å². The second-order valence-corrected chi connectivity index (χ2v) is 4.10. The van der Waals surface area contributed by atoms with Crippen LogP contribution in [0.1, 0.15) is 39.0 Å². The summed E-state index contributed by atoms with van der Waals surface area (Å²) in [5, 5.41) is 23.0. The van der Waals surface area contributed by atoms with Gasteiger partial charge in [0.1, 0.15) is 0 Å². The van der Waals surface area contributed by atoms with Crippen LogP contribution in [0.5, 0.6) is 0 Å². The van der Waals surface area contributed by atoms with Crippen LogP contribution in [0.15, 0.2) is 40.7 Å². The zero-order chi connectivity index (χ0) is 13.4.